The van der Waals surface area contributed by atoms with E-state index in [1.54, 1.807) is 11.0 Å². The van der Waals surface area contributed by atoms with Crippen molar-refractivity contribution in [2.45, 2.75) is 6.61 Å². The quantitative estimate of drug-likeness (QED) is 0.193. The zero-order chi connectivity index (χ0) is 33.9. The number of thiophene rings is 1. The van der Waals surface area contributed by atoms with Gasteiger partial charge in [0, 0.05) is 62.8 Å². The van der Waals surface area contributed by atoms with Gasteiger partial charge in [-0.15, -0.1) is 11.3 Å². The van der Waals surface area contributed by atoms with E-state index in [0.717, 1.165) is 81.5 Å². The predicted octanol–water partition coefficient (Wildman–Crippen LogP) is 5.98. The number of hydrogen-bond acceptors (Lipinski definition) is 8. The lowest BCUT2D eigenvalue weighted by molar-refractivity contribution is -0.120. The fourth-order valence-corrected chi connectivity index (χ4v) is 7.70. The molecule has 3 aromatic carbocycles. The first kappa shape index (κ1) is 32.8. The fraction of sp³-hybridized carbons (Fsp3) is 0.316. The second-order valence-electron chi connectivity index (χ2n) is 12.3. The van der Waals surface area contributed by atoms with Crippen LogP contribution in [0.15, 0.2) is 78.9 Å². The highest BCUT2D eigenvalue weighted by Gasteiger charge is 2.24. The van der Waals surface area contributed by atoms with Gasteiger partial charge in [0.15, 0.2) is 0 Å². The van der Waals surface area contributed by atoms with Crippen molar-refractivity contribution < 1.29 is 28.9 Å². The van der Waals surface area contributed by atoms with Crippen LogP contribution in [-0.4, -0.2) is 92.6 Å². The van der Waals surface area contributed by atoms with Gasteiger partial charge in [-0.3, -0.25) is 9.69 Å². The Bertz CT molecular complexity index is 1940. The number of fused-ring (bicyclic) bond motifs is 1. The SMILES string of the molecule is CN(C(=O)CN1CCOCC1)c1ccc(N2CCOCC2)c(COc2ccc(-c3c(-c4ccccc4)c4sc(C(=O)O)cc4n3C)cc2)c1. The number of benzene rings is 3. The molecule has 7 rings (SSSR count). The first-order valence-corrected chi connectivity index (χ1v) is 17.4. The van der Waals surface area contributed by atoms with Crippen LogP contribution in [0, 0.1) is 0 Å². The van der Waals surface area contributed by atoms with E-state index >= 15 is 0 Å². The van der Waals surface area contributed by atoms with Crippen LogP contribution < -0.4 is 14.5 Å². The average molecular weight is 681 g/mol. The summed E-state index contributed by atoms with van der Waals surface area (Å²) >= 11 is 1.30. The third-order valence-electron chi connectivity index (χ3n) is 9.31. The molecule has 10 nitrogen and oxygen atoms in total. The van der Waals surface area contributed by atoms with Crippen molar-refractivity contribution >= 4 is 44.8 Å². The molecule has 5 aromatic rings. The predicted molar refractivity (Wildman–Crippen MR) is 193 cm³/mol. The minimum atomic E-state index is -0.920. The third-order valence-corrected chi connectivity index (χ3v) is 10.4. The molecule has 2 aliphatic rings. The van der Waals surface area contributed by atoms with E-state index in [2.05, 4.69) is 50.8 Å². The van der Waals surface area contributed by atoms with Gasteiger partial charge in [-0.2, -0.15) is 0 Å². The topological polar surface area (TPSA) is 96.7 Å². The van der Waals surface area contributed by atoms with Gasteiger partial charge in [-0.1, -0.05) is 30.3 Å². The number of carbonyl (C=O) groups is 2. The number of rotatable bonds is 10. The monoisotopic (exact) mass is 680 g/mol. The van der Waals surface area contributed by atoms with Crippen LogP contribution in [0.5, 0.6) is 5.75 Å². The van der Waals surface area contributed by atoms with Gasteiger partial charge in [0.2, 0.25) is 5.91 Å². The van der Waals surface area contributed by atoms with Gasteiger partial charge in [0.25, 0.3) is 0 Å². The van der Waals surface area contributed by atoms with E-state index < -0.39 is 5.97 Å². The smallest absolute Gasteiger partial charge is 0.345 e. The lowest BCUT2D eigenvalue weighted by Gasteiger charge is -2.32. The molecule has 4 heterocycles. The van der Waals surface area contributed by atoms with Gasteiger partial charge in [-0.25, -0.2) is 4.79 Å². The van der Waals surface area contributed by atoms with Crippen molar-refractivity contribution in [2.75, 3.05) is 76.0 Å². The van der Waals surface area contributed by atoms with Crippen molar-refractivity contribution in [1.29, 1.82) is 0 Å². The molecule has 0 spiro atoms. The van der Waals surface area contributed by atoms with E-state index in [1.807, 2.05) is 50.5 Å². The van der Waals surface area contributed by atoms with Gasteiger partial charge < -0.3 is 33.7 Å². The van der Waals surface area contributed by atoms with Crippen LogP contribution in [0.4, 0.5) is 11.4 Å². The second-order valence-corrected chi connectivity index (χ2v) is 13.4. The number of hydrogen-bond donors (Lipinski definition) is 1. The largest absolute Gasteiger partial charge is 0.489 e. The van der Waals surface area contributed by atoms with Crippen LogP contribution in [0.1, 0.15) is 15.2 Å². The summed E-state index contributed by atoms with van der Waals surface area (Å²) in [4.78, 5) is 31.5. The summed E-state index contributed by atoms with van der Waals surface area (Å²) in [6.07, 6.45) is 0. The van der Waals surface area contributed by atoms with Crippen LogP contribution in [-0.2, 0) is 27.9 Å². The Kier molecular flexibility index (Phi) is 9.67. The van der Waals surface area contributed by atoms with Crippen LogP contribution in [0.2, 0.25) is 0 Å². The number of likely N-dealkylation sites (N-methyl/N-ethyl adjacent to an activating group) is 1. The molecular formula is C38H40N4O6S. The van der Waals surface area contributed by atoms with Crippen molar-refractivity contribution in [3.05, 3.63) is 89.3 Å². The minimum absolute atomic E-state index is 0.0399. The summed E-state index contributed by atoms with van der Waals surface area (Å²) in [6.45, 7) is 6.43. The highest BCUT2D eigenvalue weighted by molar-refractivity contribution is 7.21. The van der Waals surface area contributed by atoms with Crippen molar-refractivity contribution in [2.24, 2.45) is 7.05 Å². The number of nitrogens with zero attached hydrogens (tertiary/aromatic N) is 4. The summed E-state index contributed by atoms with van der Waals surface area (Å²) in [5.41, 5.74) is 7.86. The first-order chi connectivity index (χ1) is 23.9. The Hall–Kier alpha value is -4.68. The molecule has 1 N–H and O–H groups in total. The molecule has 0 saturated carbocycles. The maximum Gasteiger partial charge on any atom is 0.345 e. The summed E-state index contributed by atoms with van der Waals surface area (Å²) in [5.74, 6) is -0.154. The normalized spacial score (nSPS) is 15.4. The second kappa shape index (κ2) is 14.4. The number of carbonyl (C=O) groups excluding carboxylic acids is 1. The summed E-state index contributed by atoms with van der Waals surface area (Å²) in [6, 6.07) is 26.1. The molecule has 2 saturated heterocycles. The molecule has 0 atom stereocenters. The molecule has 254 valence electrons. The Labute approximate surface area is 289 Å². The zero-order valence-corrected chi connectivity index (χ0v) is 28.6. The molecule has 0 bridgehead atoms. The maximum absolute atomic E-state index is 13.2. The molecule has 11 heteroatoms. The Morgan fingerprint density at radius 3 is 2.27 bits per heavy atom. The number of morpholine rings is 2. The third kappa shape index (κ3) is 6.93. The molecule has 0 unspecified atom stereocenters. The van der Waals surface area contributed by atoms with E-state index in [1.165, 1.54) is 11.3 Å². The number of carboxylic acids is 1. The highest BCUT2D eigenvalue weighted by Crippen LogP contribution is 2.44. The van der Waals surface area contributed by atoms with Gasteiger partial charge >= 0.3 is 5.97 Å². The summed E-state index contributed by atoms with van der Waals surface area (Å²) in [7, 11) is 3.81. The first-order valence-electron chi connectivity index (χ1n) is 16.5. The average Bonchev–Trinajstić information content (AvgIpc) is 3.70. The number of carboxylic acid groups (broad SMARTS) is 1. The van der Waals surface area contributed by atoms with E-state index in [4.69, 9.17) is 14.2 Å². The van der Waals surface area contributed by atoms with Crippen molar-refractivity contribution in [3.8, 4) is 28.1 Å². The molecule has 49 heavy (non-hydrogen) atoms. The van der Waals surface area contributed by atoms with Crippen LogP contribution >= 0.6 is 11.3 Å². The maximum atomic E-state index is 13.2. The van der Waals surface area contributed by atoms with Gasteiger partial charge in [0.05, 0.1) is 48.9 Å². The number of aromatic nitrogens is 1. The summed E-state index contributed by atoms with van der Waals surface area (Å²) in [5, 5.41) is 9.68. The Balaban J connectivity index is 1.14. The summed E-state index contributed by atoms with van der Waals surface area (Å²) < 4.78 is 20.5. The molecule has 1 amide bonds. The van der Waals surface area contributed by atoms with E-state index in [0.29, 0.717) is 44.5 Å². The van der Waals surface area contributed by atoms with Crippen LogP contribution in [0.3, 0.4) is 0 Å². The zero-order valence-electron chi connectivity index (χ0n) is 27.8. The fourth-order valence-electron chi connectivity index (χ4n) is 6.60. The molecule has 2 aliphatic heterocycles. The molecular weight excluding hydrogens is 641 g/mol. The highest BCUT2D eigenvalue weighted by atomic mass is 32.1. The molecule has 0 aliphatic carbocycles. The van der Waals surface area contributed by atoms with E-state index in [-0.39, 0.29) is 5.91 Å². The number of ether oxygens (including phenoxy) is 3. The van der Waals surface area contributed by atoms with Crippen molar-refractivity contribution in [3.63, 3.8) is 0 Å². The van der Waals surface area contributed by atoms with Gasteiger partial charge in [0.1, 0.15) is 17.2 Å². The minimum Gasteiger partial charge on any atom is -0.489 e. The number of aromatic carboxylic acids is 1. The number of amides is 1. The molecule has 2 fully saturated rings. The van der Waals surface area contributed by atoms with Crippen molar-refractivity contribution in [1.82, 2.24) is 9.47 Å². The number of aryl methyl sites for hydroxylation is 1. The molecule has 0 radical (unpaired) electrons. The Morgan fingerprint density at radius 1 is 0.878 bits per heavy atom. The number of anilines is 2. The van der Waals surface area contributed by atoms with E-state index in [9.17, 15) is 14.7 Å². The lowest BCUT2D eigenvalue weighted by Crippen LogP contribution is -2.43. The lowest BCUT2D eigenvalue weighted by atomic mass is 10.0. The Morgan fingerprint density at radius 2 is 1.57 bits per heavy atom. The standard InChI is InChI=1S/C38H40N4O6S/c1-39(34(43)24-41-14-18-46-19-15-41)29-10-13-31(42-16-20-47-21-17-42)28(22-29)25-48-30-11-8-27(9-12-30)36-35(26-6-4-3-5-7-26)37-32(40(36)2)23-33(49-37)38(44)45/h3-13,22-23H,14-21,24-25H2,1-2H3,(H,44,45). The molecule has 2 aromatic heterocycles. The van der Waals surface area contributed by atoms with Gasteiger partial charge in [-0.05, 0) is 59.7 Å². The van der Waals surface area contributed by atoms with Crippen LogP contribution in [0.25, 0.3) is 32.6 Å².